The van der Waals surface area contributed by atoms with Crippen molar-refractivity contribution in [3.63, 3.8) is 0 Å². The summed E-state index contributed by atoms with van der Waals surface area (Å²) < 4.78 is 50.3. The second-order valence-corrected chi connectivity index (χ2v) is 12.7. The highest BCUT2D eigenvalue weighted by Crippen LogP contribution is 2.45. The molecule has 1 nitrogen and oxygen atoms in total. The van der Waals surface area contributed by atoms with Gasteiger partial charge in [-0.15, -0.1) is 0 Å². The van der Waals surface area contributed by atoms with Crippen LogP contribution in [0.4, 0.5) is 13.2 Å². The van der Waals surface area contributed by atoms with Crippen LogP contribution in [-0.4, -0.2) is 6.10 Å². The molecule has 0 N–H and O–H groups in total. The molecule has 2 aromatic rings. The number of alkyl halides is 2. The first kappa shape index (κ1) is 28.6. The molecule has 0 aromatic heterocycles. The van der Waals surface area contributed by atoms with E-state index in [9.17, 15) is 8.78 Å². The number of benzene rings is 2. The van der Waals surface area contributed by atoms with Crippen LogP contribution in [0.2, 0.25) is 0 Å². The number of fused-ring (bicyclic) bond motifs is 1. The standard InChI is InChI=1S/C35H47F3O/c1-3-5-24-12-16-27(17-13-24)30-22-29-20-21-31(39-34(29)33(36)32(30)35(37)38)28-18-14-26(15-19-28)11-10-25-8-6-23(4-2)7-9-25/h12-13,16-17,22-23,25-26,28,31,35H,3-11,14-15,18-21H2,1-2H3. The van der Waals surface area contributed by atoms with Crippen molar-refractivity contribution in [3.05, 3.63) is 52.8 Å². The van der Waals surface area contributed by atoms with Gasteiger partial charge in [-0.25, -0.2) is 13.2 Å². The summed E-state index contributed by atoms with van der Waals surface area (Å²) >= 11 is 0. The van der Waals surface area contributed by atoms with Gasteiger partial charge in [-0.05, 0) is 84.1 Å². The van der Waals surface area contributed by atoms with Crippen molar-refractivity contribution in [3.8, 4) is 16.9 Å². The Labute approximate surface area is 233 Å². The molecule has 214 valence electrons. The van der Waals surface area contributed by atoms with Crippen molar-refractivity contribution in [2.45, 2.75) is 123 Å². The van der Waals surface area contributed by atoms with E-state index in [2.05, 4.69) is 13.8 Å². The summed E-state index contributed by atoms with van der Waals surface area (Å²) in [6.07, 6.45) is 14.9. The smallest absolute Gasteiger partial charge is 0.267 e. The molecule has 4 heteroatoms. The first-order valence-electron chi connectivity index (χ1n) is 15.9. The minimum atomic E-state index is -2.89. The van der Waals surface area contributed by atoms with E-state index < -0.39 is 17.8 Å². The van der Waals surface area contributed by atoms with Gasteiger partial charge in [0.1, 0.15) is 6.10 Å². The third kappa shape index (κ3) is 6.68. The maximum absolute atomic E-state index is 15.7. The molecule has 2 aromatic carbocycles. The van der Waals surface area contributed by atoms with Crippen LogP contribution in [0.25, 0.3) is 11.1 Å². The Kier molecular flexibility index (Phi) is 9.61. The summed E-state index contributed by atoms with van der Waals surface area (Å²) in [5.41, 5.74) is 2.32. The molecule has 5 rings (SSSR count). The zero-order valence-corrected chi connectivity index (χ0v) is 24.0. The third-order valence-electron chi connectivity index (χ3n) is 10.3. The summed E-state index contributed by atoms with van der Waals surface area (Å²) in [4.78, 5) is 0. The van der Waals surface area contributed by atoms with E-state index in [4.69, 9.17) is 4.74 Å². The summed E-state index contributed by atoms with van der Waals surface area (Å²) in [5, 5.41) is 0. The van der Waals surface area contributed by atoms with Crippen LogP contribution in [0.15, 0.2) is 30.3 Å². The van der Waals surface area contributed by atoms with Crippen molar-refractivity contribution in [1.82, 2.24) is 0 Å². The summed E-state index contributed by atoms with van der Waals surface area (Å²) in [5.74, 6) is 2.31. The lowest BCUT2D eigenvalue weighted by molar-refractivity contribution is 0.0690. The lowest BCUT2D eigenvalue weighted by atomic mass is 9.73. The number of rotatable bonds is 9. The molecule has 0 bridgehead atoms. The van der Waals surface area contributed by atoms with Gasteiger partial charge in [0, 0.05) is 0 Å². The van der Waals surface area contributed by atoms with Crippen LogP contribution in [0.5, 0.6) is 5.75 Å². The number of hydrogen-bond donors (Lipinski definition) is 0. The van der Waals surface area contributed by atoms with E-state index in [1.807, 2.05) is 24.3 Å². The monoisotopic (exact) mass is 540 g/mol. The van der Waals surface area contributed by atoms with Gasteiger partial charge in [0.05, 0.1) is 5.56 Å². The van der Waals surface area contributed by atoms with Crippen LogP contribution in [-0.2, 0) is 12.8 Å². The lowest BCUT2D eigenvalue weighted by Gasteiger charge is -2.37. The van der Waals surface area contributed by atoms with E-state index >= 15 is 4.39 Å². The number of halogens is 3. The lowest BCUT2D eigenvalue weighted by Crippen LogP contribution is -2.34. The zero-order valence-electron chi connectivity index (χ0n) is 24.0. The summed E-state index contributed by atoms with van der Waals surface area (Å²) in [6, 6.07) is 9.38. The van der Waals surface area contributed by atoms with Crippen molar-refractivity contribution in [2.24, 2.45) is 23.7 Å². The number of aryl methyl sites for hydroxylation is 2. The largest absolute Gasteiger partial charge is 0.487 e. The van der Waals surface area contributed by atoms with E-state index in [1.54, 1.807) is 6.07 Å². The maximum atomic E-state index is 15.7. The fraction of sp³-hybridized carbons (Fsp3) is 0.657. The molecule has 2 aliphatic carbocycles. The predicted molar refractivity (Wildman–Crippen MR) is 154 cm³/mol. The van der Waals surface area contributed by atoms with Gasteiger partial charge in [-0.2, -0.15) is 0 Å². The van der Waals surface area contributed by atoms with Gasteiger partial charge in [-0.3, -0.25) is 0 Å². The molecular formula is C35H47F3O. The zero-order chi connectivity index (χ0) is 27.4. The SMILES string of the molecule is CCCc1ccc(-c2cc3c(c(F)c2C(F)F)OC(C2CCC(CCC4CCC(CC)CC4)CC2)CC3)cc1. The van der Waals surface area contributed by atoms with Gasteiger partial charge in [-0.1, -0.05) is 102 Å². The van der Waals surface area contributed by atoms with Gasteiger partial charge in [0.2, 0.25) is 0 Å². The Balaban J connectivity index is 1.20. The molecule has 3 aliphatic rings. The molecular weight excluding hydrogens is 493 g/mol. The van der Waals surface area contributed by atoms with Crippen molar-refractivity contribution < 1.29 is 17.9 Å². The highest BCUT2D eigenvalue weighted by Gasteiger charge is 2.35. The molecule has 0 radical (unpaired) electrons. The van der Waals surface area contributed by atoms with Gasteiger partial charge >= 0.3 is 0 Å². The van der Waals surface area contributed by atoms with E-state index in [-0.39, 0.29) is 11.9 Å². The van der Waals surface area contributed by atoms with Crippen LogP contribution in [0.1, 0.15) is 120 Å². The van der Waals surface area contributed by atoms with Crippen molar-refractivity contribution in [2.75, 3.05) is 0 Å². The predicted octanol–water partition coefficient (Wildman–Crippen LogP) is 10.9. The Hall–Kier alpha value is -1.97. The first-order chi connectivity index (χ1) is 19.0. The topological polar surface area (TPSA) is 9.23 Å². The highest BCUT2D eigenvalue weighted by atomic mass is 19.3. The molecule has 2 fully saturated rings. The van der Waals surface area contributed by atoms with Gasteiger partial charge in [0.25, 0.3) is 6.43 Å². The fourth-order valence-electron chi connectivity index (χ4n) is 7.69. The first-order valence-corrected chi connectivity index (χ1v) is 15.9. The molecule has 1 heterocycles. The highest BCUT2D eigenvalue weighted by molar-refractivity contribution is 5.71. The van der Waals surface area contributed by atoms with Gasteiger partial charge < -0.3 is 4.74 Å². The molecule has 1 atom stereocenters. The van der Waals surface area contributed by atoms with E-state index in [0.29, 0.717) is 23.5 Å². The second kappa shape index (κ2) is 13.1. The summed E-state index contributed by atoms with van der Waals surface area (Å²) in [7, 11) is 0. The molecule has 0 saturated heterocycles. The van der Waals surface area contributed by atoms with Crippen LogP contribution in [0, 0.1) is 29.5 Å². The van der Waals surface area contributed by atoms with Crippen LogP contribution >= 0.6 is 0 Å². The molecule has 2 saturated carbocycles. The quantitative estimate of drug-likeness (QED) is 0.307. The minimum Gasteiger partial charge on any atom is -0.487 e. The molecule has 0 amide bonds. The molecule has 0 spiro atoms. The number of ether oxygens (including phenoxy) is 1. The van der Waals surface area contributed by atoms with E-state index in [1.165, 1.54) is 63.4 Å². The summed E-state index contributed by atoms with van der Waals surface area (Å²) in [6.45, 7) is 4.44. The average Bonchev–Trinajstić information content (AvgIpc) is 2.97. The molecule has 39 heavy (non-hydrogen) atoms. The second-order valence-electron chi connectivity index (χ2n) is 12.7. The Bertz CT molecular complexity index is 1060. The maximum Gasteiger partial charge on any atom is 0.267 e. The average molecular weight is 541 g/mol. The van der Waals surface area contributed by atoms with Crippen molar-refractivity contribution >= 4 is 0 Å². The number of hydrogen-bond acceptors (Lipinski definition) is 1. The Morgan fingerprint density at radius 2 is 1.44 bits per heavy atom. The Morgan fingerprint density at radius 3 is 2.03 bits per heavy atom. The minimum absolute atomic E-state index is 0.0676. The molecule has 1 aliphatic heterocycles. The fourth-order valence-corrected chi connectivity index (χ4v) is 7.69. The third-order valence-corrected chi connectivity index (χ3v) is 10.3. The van der Waals surface area contributed by atoms with Crippen molar-refractivity contribution in [1.29, 1.82) is 0 Å². The van der Waals surface area contributed by atoms with E-state index in [0.717, 1.165) is 55.4 Å². The Morgan fingerprint density at radius 1 is 0.821 bits per heavy atom. The van der Waals surface area contributed by atoms with Gasteiger partial charge in [0.15, 0.2) is 11.6 Å². The van der Waals surface area contributed by atoms with Crippen LogP contribution < -0.4 is 4.74 Å². The normalized spacial score (nSPS) is 27.3. The van der Waals surface area contributed by atoms with Crippen LogP contribution in [0.3, 0.4) is 0 Å². The molecule has 1 unspecified atom stereocenters.